The highest BCUT2D eigenvalue weighted by Crippen LogP contribution is 2.24. The van der Waals surface area contributed by atoms with Crippen LogP contribution in [0.25, 0.3) is 0 Å². The maximum Gasteiger partial charge on any atom is 0.276 e. The van der Waals surface area contributed by atoms with E-state index in [2.05, 4.69) is 19.9 Å². The molecule has 0 spiro atoms. The molecule has 0 aliphatic rings. The second-order valence-electron chi connectivity index (χ2n) is 7.95. The van der Waals surface area contributed by atoms with Gasteiger partial charge in [0.05, 0.1) is 0 Å². The van der Waals surface area contributed by atoms with Gasteiger partial charge in [-0.2, -0.15) is 0 Å². The molecule has 156 valence electrons. The zero-order valence-electron chi connectivity index (χ0n) is 17.3. The number of carbonyl (C=O) groups is 2. The van der Waals surface area contributed by atoms with Gasteiger partial charge in [0, 0.05) is 35.4 Å². The van der Waals surface area contributed by atoms with Gasteiger partial charge >= 0.3 is 0 Å². The van der Waals surface area contributed by atoms with Gasteiger partial charge in [-0.05, 0) is 50.4 Å². The molecule has 7 nitrogen and oxygen atoms in total. The minimum Gasteiger partial charge on any atom is -0.349 e. The van der Waals surface area contributed by atoms with Crippen LogP contribution in [-0.4, -0.2) is 43.4 Å². The number of nitrogens with one attached hydrogen (secondary N) is 1. The Bertz CT molecular complexity index is 956. The minimum absolute atomic E-state index is 0.227. The second kappa shape index (κ2) is 9.58. The summed E-state index contributed by atoms with van der Waals surface area (Å²) in [6.07, 6.45) is 3.86. The van der Waals surface area contributed by atoms with Gasteiger partial charge in [0.1, 0.15) is 6.04 Å². The number of aromatic nitrogens is 3. The van der Waals surface area contributed by atoms with Crippen molar-refractivity contribution in [2.75, 3.05) is 6.54 Å². The Morgan fingerprint density at radius 1 is 1.13 bits per heavy atom. The van der Waals surface area contributed by atoms with Crippen molar-refractivity contribution >= 4 is 23.3 Å². The van der Waals surface area contributed by atoms with E-state index < -0.39 is 11.6 Å². The third-order valence-corrected chi connectivity index (χ3v) is 4.89. The fraction of sp³-hybridized carbons (Fsp3) is 0.318. The first-order valence-electron chi connectivity index (χ1n) is 9.69. The highest BCUT2D eigenvalue weighted by Gasteiger charge is 2.34. The Hall–Kier alpha value is -3.13. The van der Waals surface area contributed by atoms with E-state index in [-0.39, 0.29) is 17.5 Å². The van der Waals surface area contributed by atoms with Crippen LogP contribution in [0.4, 0.5) is 0 Å². The molecule has 3 aromatic rings. The summed E-state index contributed by atoms with van der Waals surface area (Å²) in [7, 11) is 0. The van der Waals surface area contributed by atoms with Crippen molar-refractivity contribution < 1.29 is 9.59 Å². The van der Waals surface area contributed by atoms with Crippen molar-refractivity contribution in [1.82, 2.24) is 24.8 Å². The van der Waals surface area contributed by atoms with Crippen molar-refractivity contribution in [3.8, 4) is 0 Å². The maximum absolute atomic E-state index is 13.3. The van der Waals surface area contributed by atoms with E-state index in [0.29, 0.717) is 18.5 Å². The van der Waals surface area contributed by atoms with E-state index in [1.165, 1.54) is 0 Å². The lowest BCUT2D eigenvalue weighted by Crippen LogP contribution is -2.49. The molecule has 3 rings (SSSR count). The lowest BCUT2D eigenvalue weighted by Gasteiger charge is -2.33. The molecule has 0 saturated heterocycles. The third kappa shape index (κ3) is 5.70. The summed E-state index contributed by atoms with van der Waals surface area (Å²) >= 11 is 1.10. The molecule has 0 aliphatic heterocycles. The van der Waals surface area contributed by atoms with Crippen LogP contribution in [0, 0.1) is 0 Å². The van der Waals surface area contributed by atoms with Gasteiger partial charge in [0.15, 0.2) is 5.69 Å². The van der Waals surface area contributed by atoms with Crippen molar-refractivity contribution in [2.24, 2.45) is 0 Å². The Morgan fingerprint density at radius 2 is 1.90 bits per heavy atom. The SMILES string of the molecule is CC(C)(C)NC(=O)C(c1cccnc1)N(CCc1ccccc1)C(=O)c1csnn1. The van der Waals surface area contributed by atoms with E-state index in [0.717, 1.165) is 17.1 Å². The van der Waals surface area contributed by atoms with Gasteiger partial charge in [0.2, 0.25) is 5.91 Å². The summed E-state index contributed by atoms with van der Waals surface area (Å²) in [5.41, 5.74) is 1.50. The number of pyridine rings is 1. The summed E-state index contributed by atoms with van der Waals surface area (Å²) in [5.74, 6) is -0.599. The number of rotatable bonds is 7. The molecule has 0 aliphatic carbocycles. The van der Waals surface area contributed by atoms with Crippen LogP contribution in [0.3, 0.4) is 0 Å². The smallest absolute Gasteiger partial charge is 0.276 e. The molecule has 2 amide bonds. The topological polar surface area (TPSA) is 88.1 Å². The number of amides is 2. The number of benzene rings is 1. The van der Waals surface area contributed by atoms with Crippen LogP contribution < -0.4 is 5.32 Å². The van der Waals surface area contributed by atoms with E-state index in [9.17, 15) is 9.59 Å². The molecular weight excluding hydrogens is 398 g/mol. The van der Waals surface area contributed by atoms with Crippen LogP contribution in [0.15, 0.2) is 60.2 Å². The standard InChI is InChI=1S/C22H25N5O2S/c1-22(2,3)24-20(28)19(17-10-7-12-23-14-17)27(21(29)18-15-30-26-25-18)13-11-16-8-5-4-6-9-16/h4-10,12,14-15,19H,11,13H2,1-3H3,(H,24,28). The molecule has 30 heavy (non-hydrogen) atoms. The Morgan fingerprint density at radius 3 is 2.50 bits per heavy atom. The van der Waals surface area contributed by atoms with Gasteiger partial charge in [-0.25, -0.2) is 0 Å². The van der Waals surface area contributed by atoms with E-state index in [4.69, 9.17) is 0 Å². The molecule has 0 radical (unpaired) electrons. The molecule has 0 saturated carbocycles. The summed E-state index contributed by atoms with van der Waals surface area (Å²) in [6, 6.07) is 12.6. The predicted molar refractivity (Wildman–Crippen MR) is 116 cm³/mol. The molecule has 1 unspecified atom stereocenters. The predicted octanol–water partition coefficient (Wildman–Crippen LogP) is 3.27. The van der Waals surface area contributed by atoms with Gasteiger partial charge in [-0.3, -0.25) is 14.6 Å². The van der Waals surface area contributed by atoms with Crippen molar-refractivity contribution in [1.29, 1.82) is 0 Å². The number of hydrogen-bond donors (Lipinski definition) is 1. The summed E-state index contributed by atoms with van der Waals surface area (Å²) in [5, 5.41) is 8.53. The third-order valence-electron chi connectivity index (χ3n) is 4.38. The quantitative estimate of drug-likeness (QED) is 0.630. The lowest BCUT2D eigenvalue weighted by molar-refractivity contribution is -0.127. The number of nitrogens with zero attached hydrogens (tertiary/aromatic N) is 4. The highest BCUT2D eigenvalue weighted by molar-refractivity contribution is 7.03. The fourth-order valence-electron chi connectivity index (χ4n) is 3.10. The summed E-state index contributed by atoms with van der Waals surface area (Å²) in [4.78, 5) is 32.4. The van der Waals surface area contributed by atoms with Crippen LogP contribution in [-0.2, 0) is 11.2 Å². The van der Waals surface area contributed by atoms with Crippen molar-refractivity contribution in [2.45, 2.75) is 38.8 Å². The Balaban J connectivity index is 1.98. The van der Waals surface area contributed by atoms with Crippen molar-refractivity contribution in [3.63, 3.8) is 0 Å². The first-order chi connectivity index (χ1) is 14.3. The summed E-state index contributed by atoms with van der Waals surface area (Å²) < 4.78 is 3.81. The second-order valence-corrected chi connectivity index (χ2v) is 8.56. The van der Waals surface area contributed by atoms with Crippen molar-refractivity contribution in [3.05, 3.63) is 77.1 Å². The van der Waals surface area contributed by atoms with Gasteiger partial charge in [-0.15, -0.1) is 5.10 Å². The van der Waals surface area contributed by atoms with Gasteiger partial charge in [0.25, 0.3) is 5.91 Å². The number of carbonyl (C=O) groups excluding carboxylic acids is 2. The van der Waals surface area contributed by atoms with Crippen LogP contribution in [0.2, 0.25) is 0 Å². The molecule has 1 atom stereocenters. The minimum atomic E-state index is -0.837. The maximum atomic E-state index is 13.3. The first kappa shape index (κ1) is 21.6. The largest absolute Gasteiger partial charge is 0.349 e. The normalized spacial score (nSPS) is 12.2. The Labute approximate surface area is 180 Å². The number of hydrogen-bond acceptors (Lipinski definition) is 6. The molecule has 0 fully saturated rings. The van der Waals surface area contributed by atoms with Gasteiger partial charge in [-0.1, -0.05) is 40.9 Å². The van der Waals surface area contributed by atoms with Crippen LogP contribution in [0.5, 0.6) is 0 Å². The zero-order chi connectivity index (χ0) is 21.6. The van der Waals surface area contributed by atoms with Crippen LogP contribution in [0.1, 0.15) is 48.4 Å². The lowest BCUT2D eigenvalue weighted by atomic mass is 10.0. The zero-order valence-corrected chi connectivity index (χ0v) is 18.1. The van der Waals surface area contributed by atoms with Crippen LogP contribution >= 0.6 is 11.5 Å². The molecular formula is C22H25N5O2S. The molecule has 1 N–H and O–H groups in total. The highest BCUT2D eigenvalue weighted by atomic mass is 32.1. The molecule has 2 aromatic heterocycles. The van der Waals surface area contributed by atoms with E-state index in [1.54, 1.807) is 28.7 Å². The monoisotopic (exact) mass is 423 g/mol. The van der Waals surface area contributed by atoms with E-state index >= 15 is 0 Å². The Kier molecular flexibility index (Phi) is 6.89. The van der Waals surface area contributed by atoms with Gasteiger partial charge < -0.3 is 10.2 Å². The summed E-state index contributed by atoms with van der Waals surface area (Å²) in [6.45, 7) is 6.07. The molecule has 0 bridgehead atoms. The molecule has 2 heterocycles. The average Bonchev–Trinajstić information content (AvgIpc) is 3.25. The molecule has 1 aromatic carbocycles. The average molecular weight is 424 g/mol. The molecule has 8 heteroatoms. The fourth-order valence-corrected chi connectivity index (χ4v) is 3.53. The first-order valence-corrected chi connectivity index (χ1v) is 10.5. The van der Waals surface area contributed by atoms with E-state index in [1.807, 2.05) is 57.2 Å².